The van der Waals surface area contributed by atoms with Gasteiger partial charge in [0, 0.05) is 31.9 Å². The van der Waals surface area contributed by atoms with Crippen molar-refractivity contribution in [1.29, 1.82) is 0 Å². The molecule has 0 unspecified atom stereocenters. The molecule has 2 heterocycles. The van der Waals surface area contributed by atoms with Crippen molar-refractivity contribution >= 4 is 5.91 Å². The number of benzene rings is 1. The van der Waals surface area contributed by atoms with E-state index < -0.39 is 0 Å². The second-order valence-corrected chi connectivity index (χ2v) is 5.62. The zero-order valence-corrected chi connectivity index (χ0v) is 13.3. The molecule has 0 saturated carbocycles. The molecular formula is C18H20N4O2. The van der Waals surface area contributed by atoms with Crippen molar-refractivity contribution in [2.75, 3.05) is 13.1 Å². The second-order valence-electron chi connectivity index (χ2n) is 5.62. The summed E-state index contributed by atoms with van der Waals surface area (Å²) >= 11 is 0. The summed E-state index contributed by atoms with van der Waals surface area (Å²) in [6.07, 6.45) is 6.04. The second kappa shape index (κ2) is 7.61. The van der Waals surface area contributed by atoms with Crippen molar-refractivity contribution in [3.05, 3.63) is 72.4 Å². The highest BCUT2D eigenvalue weighted by molar-refractivity contribution is 5.75. The number of primary amides is 1. The van der Waals surface area contributed by atoms with Gasteiger partial charge in [0.25, 0.3) is 0 Å². The van der Waals surface area contributed by atoms with E-state index in [9.17, 15) is 4.79 Å². The van der Waals surface area contributed by atoms with Crippen LogP contribution in [0.3, 0.4) is 0 Å². The van der Waals surface area contributed by atoms with Gasteiger partial charge < -0.3 is 10.2 Å². The number of aromatic nitrogens is 2. The highest BCUT2D eigenvalue weighted by Gasteiger charge is 2.10. The molecule has 0 aliphatic heterocycles. The molecule has 0 aliphatic rings. The smallest absolute Gasteiger partial charge is 0.231 e. The summed E-state index contributed by atoms with van der Waals surface area (Å²) in [7, 11) is 0. The fraction of sp³-hybridized carbons (Fsp3) is 0.222. The SMILES string of the molecule is NC(=O)CN(CCc1ccco1)Cc1ccc(-n2cccn2)cc1. The maximum absolute atomic E-state index is 11.3. The van der Waals surface area contributed by atoms with Gasteiger partial charge in [-0.25, -0.2) is 4.68 Å². The van der Waals surface area contributed by atoms with Gasteiger partial charge in [-0.2, -0.15) is 5.10 Å². The largest absolute Gasteiger partial charge is 0.469 e. The molecule has 2 N–H and O–H groups in total. The van der Waals surface area contributed by atoms with E-state index in [0.717, 1.165) is 23.4 Å². The Morgan fingerprint density at radius 3 is 2.67 bits per heavy atom. The van der Waals surface area contributed by atoms with Gasteiger partial charge in [-0.15, -0.1) is 0 Å². The van der Waals surface area contributed by atoms with Gasteiger partial charge in [-0.3, -0.25) is 9.69 Å². The molecule has 6 heteroatoms. The Morgan fingerprint density at radius 2 is 2.04 bits per heavy atom. The molecule has 3 rings (SSSR count). The topological polar surface area (TPSA) is 77.3 Å². The Kier molecular flexibility index (Phi) is 5.08. The van der Waals surface area contributed by atoms with E-state index in [2.05, 4.69) is 5.10 Å². The van der Waals surface area contributed by atoms with Crippen LogP contribution < -0.4 is 5.73 Å². The Morgan fingerprint density at radius 1 is 1.21 bits per heavy atom. The van der Waals surface area contributed by atoms with Crippen LogP contribution in [0.1, 0.15) is 11.3 Å². The first-order valence-corrected chi connectivity index (χ1v) is 7.83. The lowest BCUT2D eigenvalue weighted by atomic mass is 10.2. The van der Waals surface area contributed by atoms with Gasteiger partial charge in [0.2, 0.25) is 5.91 Å². The standard InChI is InChI=1S/C18H20N4O2/c19-18(23)14-21(11-8-17-3-1-12-24-17)13-15-4-6-16(7-5-15)22-10-2-9-20-22/h1-7,9-10,12H,8,11,13-14H2,(H2,19,23). The van der Waals surface area contributed by atoms with Crippen LogP contribution in [0.25, 0.3) is 5.69 Å². The molecule has 1 amide bonds. The van der Waals surface area contributed by atoms with Crippen LogP contribution in [0.15, 0.2) is 65.5 Å². The van der Waals surface area contributed by atoms with Crippen LogP contribution in [0.2, 0.25) is 0 Å². The zero-order valence-electron chi connectivity index (χ0n) is 13.3. The predicted octanol–water partition coefficient (Wildman–Crippen LogP) is 2.00. The van der Waals surface area contributed by atoms with Gasteiger partial charge >= 0.3 is 0 Å². The Bertz CT molecular complexity index is 749. The number of carbonyl (C=O) groups is 1. The summed E-state index contributed by atoms with van der Waals surface area (Å²) in [5.41, 5.74) is 7.49. The average Bonchev–Trinajstić information content (AvgIpc) is 3.26. The van der Waals surface area contributed by atoms with Gasteiger partial charge in [0.05, 0.1) is 18.5 Å². The van der Waals surface area contributed by atoms with Gasteiger partial charge in [0.1, 0.15) is 5.76 Å². The molecule has 0 bridgehead atoms. The van der Waals surface area contributed by atoms with Gasteiger partial charge in [0.15, 0.2) is 0 Å². The van der Waals surface area contributed by atoms with Crippen molar-refractivity contribution in [2.45, 2.75) is 13.0 Å². The first-order valence-electron chi connectivity index (χ1n) is 7.83. The number of hydrogen-bond donors (Lipinski definition) is 1. The molecule has 0 spiro atoms. The fourth-order valence-electron chi connectivity index (χ4n) is 2.59. The minimum atomic E-state index is -0.331. The van der Waals surface area contributed by atoms with Gasteiger partial charge in [-0.05, 0) is 35.9 Å². The molecule has 2 aromatic heterocycles. The lowest BCUT2D eigenvalue weighted by Gasteiger charge is -2.20. The molecule has 3 aromatic rings. The van der Waals surface area contributed by atoms with Crippen molar-refractivity contribution in [1.82, 2.24) is 14.7 Å². The lowest BCUT2D eigenvalue weighted by Crippen LogP contribution is -2.34. The minimum Gasteiger partial charge on any atom is -0.469 e. The van der Waals surface area contributed by atoms with E-state index in [1.165, 1.54) is 0 Å². The highest BCUT2D eigenvalue weighted by atomic mass is 16.3. The van der Waals surface area contributed by atoms with Crippen LogP contribution in [0.4, 0.5) is 0 Å². The van der Waals surface area contributed by atoms with Crippen molar-refractivity contribution in [2.24, 2.45) is 5.73 Å². The molecular weight excluding hydrogens is 304 g/mol. The number of rotatable bonds is 8. The Balaban J connectivity index is 1.63. The summed E-state index contributed by atoms with van der Waals surface area (Å²) < 4.78 is 7.15. The van der Waals surface area contributed by atoms with Crippen molar-refractivity contribution < 1.29 is 9.21 Å². The summed E-state index contributed by atoms with van der Waals surface area (Å²) in [5, 5.41) is 4.21. The first-order chi connectivity index (χ1) is 11.7. The molecule has 1 aromatic carbocycles. The maximum Gasteiger partial charge on any atom is 0.231 e. The van der Waals surface area contributed by atoms with Crippen LogP contribution >= 0.6 is 0 Å². The number of hydrogen-bond acceptors (Lipinski definition) is 4. The summed E-state index contributed by atoms with van der Waals surface area (Å²) in [4.78, 5) is 13.3. The molecule has 0 saturated heterocycles. The third kappa shape index (κ3) is 4.33. The quantitative estimate of drug-likeness (QED) is 0.687. The minimum absolute atomic E-state index is 0.224. The third-order valence-corrected chi connectivity index (χ3v) is 3.75. The van der Waals surface area contributed by atoms with E-state index in [1.807, 2.05) is 58.2 Å². The zero-order chi connectivity index (χ0) is 16.8. The molecule has 6 nitrogen and oxygen atoms in total. The van der Waals surface area contributed by atoms with E-state index >= 15 is 0 Å². The fourth-order valence-corrected chi connectivity index (χ4v) is 2.59. The molecule has 0 radical (unpaired) electrons. The first kappa shape index (κ1) is 16.0. The highest BCUT2D eigenvalue weighted by Crippen LogP contribution is 2.11. The predicted molar refractivity (Wildman–Crippen MR) is 90.4 cm³/mol. The Labute approximate surface area is 140 Å². The third-order valence-electron chi connectivity index (χ3n) is 3.75. The number of amides is 1. The monoisotopic (exact) mass is 324 g/mol. The number of carbonyl (C=O) groups excluding carboxylic acids is 1. The number of furan rings is 1. The summed E-state index contributed by atoms with van der Waals surface area (Å²) in [6.45, 7) is 1.59. The molecule has 124 valence electrons. The molecule has 24 heavy (non-hydrogen) atoms. The van der Waals surface area contributed by atoms with Crippen LogP contribution in [-0.4, -0.2) is 33.7 Å². The number of nitrogens with two attached hydrogens (primary N) is 1. The van der Waals surface area contributed by atoms with Crippen molar-refractivity contribution in [3.8, 4) is 5.69 Å². The van der Waals surface area contributed by atoms with Crippen molar-refractivity contribution in [3.63, 3.8) is 0 Å². The summed E-state index contributed by atoms with van der Waals surface area (Å²) in [6, 6.07) is 13.8. The van der Waals surface area contributed by atoms with E-state index in [-0.39, 0.29) is 12.5 Å². The van der Waals surface area contributed by atoms with E-state index in [4.69, 9.17) is 10.2 Å². The normalized spacial score (nSPS) is 11.0. The summed E-state index contributed by atoms with van der Waals surface area (Å²) in [5.74, 6) is 0.570. The van der Waals surface area contributed by atoms with Crippen LogP contribution in [0, 0.1) is 0 Å². The lowest BCUT2D eigenvalue weighted by molar-refractivity contribution is -0.119. The molecule has 0 atom stereocenters. The molecule has 0 aliphatic carbocycles. The van der Waals surface area contributed by atoms with Crippen LogP contribution in [0.5, 0.6) is 0 Å². The van der Waals surface area contributed by atoms with E-state index in [1.54, 1.807) is 12.5 Å². The van der Waals surface area contributed by atoms with Gasteiger partial charge in [-0.1, -0.05) is 12.1 Å². The van der Waals surface area contributed by atoms with E-state index in [0.29, 0.717) is 13.1 Å². The van der Waals surface area contributed by atoms with Crippen LogP contribution in [-0.2, 0) is 17.8 Å². The Hall–Kier alpha value is -2.86. The molecule has 0 fully saturated rings. The average molecular weight is 324 g/mol. The number of nitrogens with zero attached hydrogens (tertiary/aromatic N) is 3. The maximum atomic E-state index is 11.3.